The Bertz CT molecular complexity index is 843. The second-order valence-corrected chi connectivity index (χ2v) is 8.38. The minimum atomic E-state index is -0.646. The number of hydrogen-bond acceptors (Lipinski definition) is 4. The number of nitrogens with one attached hydrogen (secondary N) is 2. The summed E-state index contributed by atoms with van der Waals surface area (Å²) in [5.74, 6) is -0.952. The maximum Gasteiger partial charge on any atom is 0.317 e. The Labute approximate surface area is 164 Å². The van der Waals surface area contributed by atoms with Crippen molar-refractivity contribution in [2.45, 2.75) is 58.3 Å². The van der Waals surface area contributed by atoms with E-state index in [9.17, 15) is 19.2 Å². The number of imide groups is 1. The van der Waals surface area contributed by atoms with Crippen molar-refractivity contribution in [3.05, 3.63) is 34.9 Å². The molecule has 28 heavy (non-hydrogen) atoms. The van der Waals surface area contributed by atoms with Gasteiger partial charge in [-0.05, 0) is 44.4 Å². The molecule has 2 aliphatic heterocycles. The lowest BCUT2D eigenvalue weighted by Gasteiger charge is -2.29. The van der Waals surface area contributed by atoms with Crippen LogP contribution in [0.1, 0.15) is 55.1 Å². The number of urea groups is 1. The molecule has 2 aliphatic rings. The molecule has 0 aromatic heterocycles. The van der Waals surface area contributed by atoms with Crippen LogP contribution in [0.2, 0.25) is 0 Å². The number of nitrogens with zero attached hydrogens (tertiary/aromatic N) is 2. The molecule has 1 saturated heterocycles. The van der Waals surface area contributed by atoms with E-state index in [1.807, 2.05) is 26.8 Å². The third-order valence-corrected chi connectivity index (χ3v) is 4.92. The monoisotopic (exact) mass is 386 g/mol. The van der Waals surface area contributed by atoms with E-state index in [-0.39, 0.29) is 29.8 Å². The highest BCUT2D eigenvalue weighted by molar-refractivity contribution is 6.05. The molecule has 1 atom stereocenters. The molecule has 8 nitrogen and oxygen atoms in total. The molecule has 8 heteroatoms. The van der Waals surface area contributed by atoms with E-state index in [0.29, 0.717) is 25.1 Å². The molecular formula is C20H26N4O4. The lowest BCUT2D eigenvalue weighted by atomic mass is 10.0. The van der Waals surface area contributed by atoms with Gasteiger partial charge in [0.15, 0.2) is 0 Å². The van der Waals surface area contributed by atoms with E-state index >= 15 is 0 Å². The molecule has 0 aliphatic carbocycles. The summed E-state index contributed by atoms with van der Waals surface area (Å²) < 4.78 is 0. The lowest BCUT2D eigenvalue weighted by molar-refractivity contribution is -0.136. The van der Waals surface area contributed by atoms with Crippen LogP contribution >= 0.6 is 0 Å². The van der Waals surface area contributed by atoms with E-state index in [0.717, 1.165) is 11.1 Å². The van der Waals surface area contributed by atoms with Crippen LogP contribution in [0.25, 0.3) is 0 Å². The third-order valence-electron chi connectivity index (χ3n) is 4.92. The largest absolute Gasteiger partial charge is 0.333 e. The summed E-state index contributed by atoms with van der Waals surface area (Å²) in [5, 5.41) is 5.21. The van der Waals surface area contributed by atoms with Crippen LogP contribution in [0.5, 0.6) is 0 Å². The smallest absolute Gasteiger partial charge is 0.317 e. The van der Waals surface area contributed by atoms with Gasteiger partial charge in [0.2, 0.25) is 11.8 Å². The van der Waals surface area contributed by atoms with Gasteiger partial charge in [0.25, 0.3) is 5.91 Å². The SMILES string of the molecule is CN(Cc1cccc2c1CN(C1CCC(=O)NC1=O)C2=O)C(=O)NC(C)(C)C. The first-order valence-corrected chi connectivity index (χ1v) is 9.35. The topological polar surface area (TPSA) is 98.8 Å². The van der Waals surface area contributed by atoms with Crippen LogP contribution in [0.15, 0.2) is 18.2 Å². The fourth-order valence-corrected chi connectivity index (χ4v) is 3.54. The number of piperidine rings is 1. The number of amides is 5. The van der Waals surface area contributed by atoms with Crippen molar-refractivity contribution < 1.29 is 19.2 Å². The number of fused-ring (bicyclic) bond motifs is 1. The third kappa shape index (κ3) is 4.00. The minimum Gasteiger partial charge on any atom is -0.333 e. The molecule has 150 valence electrons. The molecule has 0 spiro atoms. The first-order chi connectivity index (χ1) is 13.1. The van der Waals surface area contributed by atoms with Gasteiger partial charge in [-0.15, -0.1) is 0 Å². The molecular weight excluding hydrogens is 360 g/mol. The van der Waals surface area contributed by atoms with E-state index < -0.39 is 11.9 Å². The standard InChI is InChI=1S/C20H26N4O4/c1-20(2,3)22-19(28)23(4)10-12-6-5-7-13-14(12)11-24(18(13)27)15-8-9-16(25)21-17(15)26/h5-7,15H,8-11H2,1-4H3,(H,22,28)(H,21,25,26). The first kappa shape index (κ1) is 19.9. The highest BCUT2D eigenvalue weighted by Gasteiger charge is 2.39. The number of hydrogen-bond donors (Lipinski definition) is 2. The van der Waals surface area contributed by atoms with E-state index in [2.05, 4.69) is 10.6 Å². The maximum atomic E-state index is 12.9. The second kappa shape index (κ2) is 7.26. The quantitative estimate of drug-likeness (QED) is 0.767. The Morgan fingerprint density at radius 3 is 2.64 bits per heavy atom. The van der Waals surface area contributed by atoms with Crippen LogP contribution in [0.4, 0.5) is 4.79 Å². The summed E-state index contributed by atoms with van der Waals surface area (Å²) in [4.78, 5) is 51.9. The molecule has 2 heterocycles. The van der Waals surface area contributed by atoms with Gasteiger partial charge in [-0.3, -0.25) is 19.7 Å². The fraction of sp³-hybridized carbons (Fsp3) is 0.500. The van der Waals surface area contributed by atoms with E-state index in [1.165, 1.54) is 4.90 Å². The zero-order valence-corrected chi connectivity index (χ0v) is 16.7. The number of rotatable bonds is 3. The molecule has 5 amide bonds. The van der Waals surface area contributed by atoms with E-state index in [4.69, 9.17) is 0 Å². The van der Waals surface area contributed by atoms with Crippen LogP contribution in [-0.4, -0.2) is 52.2 Å². The maximum absolute atomic E-state index is 12.9. The van der Waals surface area contributed by atoms with Gasteiger partial charge in [-0.25, -0.2) is 4.79 Å². The Morgan fingerprint density at radius 1 is 1.29 bits per heavy atom. The van der Waals surface area contributed by atoms with Crippen LogP contribution in [0, 0.1) is 0 Å². The summed E-state index contributed by atoms with van der Waals surface area (Å²) in [5.41, 5.74) is 1.90. The number of carbonyl (C=O) groups excluding carboxylic acids is 4. The minimum absolute atomic E-state index is 0.198. The summed E-state index contributed by atoms with van der Waals surface area (Å²) in [7, 11) is 1.70. The second-order valence-electron chi connectivity index (χ2n) is 8.38. The molecule has 1 aromatic carbocycles. The highest BCUT2D eigenvalue weighted by atomic mass is 16.2. The van der Waals surface area contributed by atoms with Crippen LogP contribution in [0.3, 0.4) is 0 Å². The molecule has 1 unspecified atom stereocenters. The zero-order chi connectivity index (χ0) is 20.6. The van der Waals surface area contributed by atoms with Crippen molar-refractivity contribution >= 4 is 23.8 Å². The molecule has 0 saturated carbocycles. The zero-order valence-electron chi connectivity index (χ0n) is 16.7. The molecule has 0 radical (unpaired) electrons. The molecule has 1 fully saturated rings. The Morgan fingerprint density at radius 2 is 2.00 bits per heavy atom. The van der Waals surface area contributed by atoms with Crippen molar-refractivity contribution in [1.29, 1.82) is 0 Å². The molecule has 3 rings (SSSR count). The van der Waals surface area contributed by atoms with Crippen molar-refractivity contribution in [2.75, 3.05) is 7.05 Å². The van der Waals surface area contributed by atoms with Crippen molar-refractivity contribution in [1.82, 2.24) is 20.4 Å². The Hall–Kier alpha value is -2.90. The van der Waals surface area contributed by atoms with Crippen molar-refractivity contribution in [3.8, 4) is 0 Å². The van der Waals surface area contributed by atoms with Gasteiger partial charge in [-0.1, -0.05) is 12.1 Å². The van der Waals surface area contributed by atoms with Gasteiger partial charge >= 0.3 is 6.03 Å². The van der Waals surface area contributed by atoms with E-state index in [1.54, 1.807) is 24.1 Å². The number of carbonyl (C=O) groups is 4. The average Bonchev–Trinajstić information content (AvgIpc) is 2.91. The van der Waals surface area contributed by atoms with Crippen LogP contribution < -0.4 is 10.6 Å². The van der Waals surface area contributed by atoms with Crippen LogP contribution in [-0.2, 0) is 22.7 Å². The summed E-state index contributed by atoms with van der Waals surface area (Å²) in [6, 6.07) is 4.57. The predicted molar refractivity (Wildman–Crippen MR) is 102 cm³/mol. The lowest BCUT2D eigenvalue weighted by Crippen LogP contribution is -2.52. The normalized spacial score (nSPS) is 19.4. The first-order valence-electron chi connectivity index (χ1n) is 9.35. The van der Waals surface area contributed by atoms with Gasteiger partial charge < -0.3 is 15.1 Å². The average molecular weight is 386 g/mol. The Kier molecular flexibility index (Phi) is 5.14. The molecule has 2 N–H and O–H groups in total. The summed E-state index contributed by atoms with van der Waals surface area (Å²) in [6.07, 6.45) is 0.548. The number of benzene rings is 1. The van der Waals surface area contributed by atoms with Crippen molar-refractivity contribution in [2.24, 2.45) is 0 Å². The predicted octanol–water partition coefficient (Wildman–Crippen LogP) is 1.39. The Balaban J connectivity index is 1.78. The molecule has 1 aromatic rings. The highest BCUT2D eigenvalue weighted by Crippen LogP contribution is 2.30. The fourth-order valence-electron chi connectivity index (χ4n) is 3.54. The summed E-state index contributed by atoms with van der Waals surface area (Å²) in [6.45, 7) is 6.38. The van der Waals surface area contributed by atoms with Gasteiger partial charge in [0.05, 0.1) is 0 Å². The molecule has 0 bridgehead atoms. The summed E-state index contributed by atoms with van der Waals surface area (Å²) >= 11 is 0. The van der Waals surface area contributed by atoms with Gasteiger partial charge in [0, 0.05) is 37.7 Å². The van der Waals surface area contributed by atoms with Gasteiger partial charge in [0.1, 0.15) is 6.04 Å². The van der Waals surface area contributed by atoms with Gasteiger partial charge in [-0.2, -0.15) is 0 Å². The van der Waals surface area contributed by atoms with Crippen molar-refractivity contribution in [3.63, 3.8) is 0 Å².